The van der Waals surface area contributed by atoms with Crippen LogP contribution in [0.5, 0.6) is 0 Å². The summed E-state index contributed by atoms with van der Waals surface area (Å²) in [7, 11) is 0. The third-order valence-corrected chi connectivity index (χ3v) is 4.30. The number of nitrogens with two attached hydrogens (primary N) is 1. The molecule has 1 aliphatic heterocycles. The lowest BCUT2D eigenvalue weighted by Gasteiger charge is -2.32. The van der Waals surface area contributed by atoms with Crippen molar-refractivity contribution in [3.05, 3.63) is 34.6 Å². The second-order valence-electron chi connectivity index (χ2n) is 5.03. The second kappa shape index (κ2) is 5.63. The Hall–Kier alpha value is -1.24. The number of nitrogens with zero attached hydrogens (tertiary/aromatic N) is 2. The molecule has 3 rings (SSSR count). The van der Waals surface area contributed by atoms with E-state index in [1.807, 2.05) is 24.3 Å². The predicted octanol–water partition coefficient (Wildman–Crippen LogP) is 2.51. The van der Waals surface area contributed by atoms with Gasteiger partial charge in [0.05, 0.1) is 5.41 Å². The summed E-state index contributed by atoms with van der Waals surface area (Å²) in [5, 5.41) is 4.09. The monoisotopic (exact) mass is 337 g/mol. The van der Waals surface area contributed by atoms with Crippen molar-refractivity contribution in [2.45, 2.75) is 18.3 Å². The fourth-order valence-corrected chi connectivity index (χ4v) is 2.85. The van der Waals surface area contributed by atoms with E-state index < -0.39 is 0 Å². The Morgan fingerprint density at radius 2 is 2.10 bits per heavy atom. The van der Waals surface area contributed by atoms with Gasteiger partial charge in [0, 0.05) is 29.8 Å². The summed E-state index contributed by atoms with van der Waals surface area (Å²) < 4.78 is 11.9. The lowest BCUT2D eigenvalue weighted by Crippen LogP contribution is -2.40. The van der Waals surface area contributed by atoms with Crippen molar-refractivity contribution in [1.29, 1.82) is 0 Å². The molecule has 6 heteroatoms. The van der Waals surface area contributed by atoms with Crippen molar-refractivity contribution in [3.63, 3.8) is 0 Å². The van der Waals surface area contributed by atoms with Crippen LogP contribution in [-0.2, 0) is 10.2 Å². The molecule has 20 heavy (non-hydrogen) atoms. The van der Waals surface area contributed by atoms with Crippen LogP contribution in [0.25, 0.3) is 11.4 Å². The molecule has 2 aromatic rings. The quantitative estimate of drug-likeness (QED) is 0.931. The zero-order valence-corrected chi connectivity index (χ0v) is 12.6. The Balaban J connectivity index is 1.93. The van der Waals surface area contributed by atoms with E-state index >= 15 is 0 Å². The van der Waals surface area contributed by atoms with Gasteiger partial charge < -0.3 is 15.0 Å². The molecule has 0 unspecified atom stereocenters. The highest BCUT2D eigenvalue weighted by atomic mass is 79.9. The van der Waals surface area contributed by atoms with Crippen molar-refractivity contribution in [3.8, 4) is 11.4 Å². The smallest absolute Gasteiger partial charge is 0.234 e. The highest BCUT2D eigenvalue weighted by Crippen LogP contribution is 2.34. The summed E-state index contributed by atoms with van der Waals surface area (Å²) in [4.78, 5) is 4.55. The van der Waals surface area contributed by atoms with Crippen molar-refractivity contribution in [2.24, 2.45) is 5.73 Å². The van der Waals surface area contributed by atoms with Crippen LogP contribution in [-0.4, -0.2) is 29.9 Å². The van der Waals surface area contributed by atoms with Gasteiger partial charge in [0.2, 0.25) is 11.7 Å². The average molecular weight is 338 g/mol. The third-order valence-electron chi connectivity index (χ3n) is 3.80. The van der Waals surface area contributed by atoms with Crippen molar-refractivity contribution in [1.82, 2.24) is 10.1 Å². The van der Waals surface area contributed by atoms with Crippen LogP contribution < -0.4 is 5.73 Å². The first-order valence-corrected chi connectivity index (χ1v) is 7.41. The number of halogens is 1. The molecule has 1 aliphatic rings. The summed E-state index contributed by atoms with van der Waals surface area (Å²) in [5.74, 6) is 1.22. The van der Waals surface area contributed by atoms with Gasteiger partial charge in [0.25, 0.3) is 0 Å². The van der Waals surface area contributed by atoms with E-state index in [0.717, 1.165) is 22.9 Å². The highest BCUT2D eigenvalue weighted by Gasteiger charge is 2.38. The van der Waals surface area contributed by atoms with E-state index in [4.69, 9.17) is 15.0 Å². The zero-order valence-electron chi connectivity index (χ0n) is 11.0. The summed E-state index contributed by atoms with van der Waals surface area (Å²) in [5.41, 5.74) is 6.64. The van der Waals surface area contributed by atoms with Gasteiger partial charge in [0.1, 0.15) is 0 Å². The van der Waals surface area contributed by atoms with Gasteiger partial charge in [-0.15, -0.1) is 0 Å². The molecule has 5 nitrogen and oxygen atoms in total. The number of hydrogen-bond acceptors (Lipinski definition) is 5. The van der Waals surface area contributed by atoms with Crippen molar-refractivity contribution in [2.75, 3.05) is 19.8 Å². The molecule has 1 fully saturated rings. The van der Waals surface area contributed by atoms with E-state index in [0.29, 0.717) is 31.5 Å². The SMILES string of the molecule is NCC1(c2nc(-c3cccc(Br)c3)no2)CCOCC1. The molecule has 0 amide bonds. The number of rotatable bonds is 3. The molecule has 0 radical (unpaired) electrons. The van der Waals surface area contributed by atoms with Crippen LogP contribution in [0.15, 0.2) is 33.3 Å². The molecular formula is C14H16BrN3O2. The number of aromatic nitrogens is 2. The molecule has 0 aliphatic carbocycles. The lowest BCUT2D eigenvalue weighted by molar-refractivity contribution is 0.0409. The van der Waals surface area contributed by atoms with E-state index in [9.17, 15) is 0 Å². The molecule has 1 aromatic heterocycles. The van der Waals surface area contributed by atoms with Crippen LogP contribution >= 0.6 is 15.9 Å². The highest BCUT2D eigenvalue weighted by molar-refractivity contribution is 9.10. The average Bonchev–Trinajstić information content (AvgIpc) is 2.98. The fraction of sp³-hybridized carbons (Fsp3) is 0.429. The van der Waals surface area contributed by atoms with Crippen LogP contribution in [0.1, 0.15) is 18.7 Å². The van der Waals surface area contributed by atoms with E-state index in [1.165, 1.54) is 0 Å². The topological polar surface area (TPSA) is 74.2 Å². The normalized spacial score (nSPS) is 18.1. The number of ether oxygens (including phenoxy) is 1. The van der Waals surface area contributed by atoms with Gasteiger partial charge in [-0.1, -0.05) is 33.2 Å². The Bertz CT molecular complexity index is 594. The fourth-order valence-electron chi connectivity index (χ4n) is 2.45. The first-order valence-electron chi connectivity index (χ1n) is 6.61. The maximum absolute atomic E-state index is 5.95. The molecule has 106 valence electrons. The maximum Gasteiger partial charge on any atom is 0.234 e. The molecule has 1 saturated heterocycles. The minimum Gasteiger partial charge on any atom is -0.381 e. The third kappa shape index (κ3) is 2.51. The van der Waals surface area contributed by atoms with E-state index in [1.54, 1.807) is 0 Å². The van der Waals surface area contributed by atoms with Gasteiger partial charge >= 0.3 is 0 Å². The van der Waals surface area contributed by atoms with Crippen LogP contribution in [0.2, 0.25) is 0 Å². The first kappa shape index (κ1) is 13.7. The van der Waals surface area contributed by atoms with Gasteiger partial charge in [-0.05, 0) is 25.0 Å². The standard InChI is InChI=1S/C14H16BrN3O2/c15-11-3-1-2-10(8-11)12-17-13(20-18-12)14(9-16)4-6-19-7-5-14/h1-3,8H,4-7,9,16H2. The van der Waals surface area contributed by atoms with Crippen molar-refractivity contribution >= 4 is 15.9 Å². The van der Waals surface area contributed by atoms with Gasteiger partial charge in [0.15, 0.2) is 0 Å². The summed E-state index contributed by atoms with van der Waals surface area (Å²) in [6.07, 6.45) is 1.65. The van der Waals surface area contributed by atoms with Crippen LogP contribution in [0, 0.1) is 0 Å². The molecule has 2 heterocycles. The Labute approximate surface area is 125 Å². The minimum atomic E-state index is -0.241. The van der Waals surface area contributed by atoms with Crippen LogP contribution in [0.4, 0.5) is 0 Å². The van der Waals surface area contributed by atoms with Crippen molar-refractivity contribution < 1.29 is 9.26 Å². The first-order chi connectivity index (χ1) is 9.73. The lowest BCUT2D eigenvalue weighted by atomic mass is 9.80. The molecule has 1 aromatic carbocycles. The molecule has 2 N–H and O–H groups in total. The molecule has 0 saturated carbocycles. The second-order valence-corrected chi connectivity index (χ2v) is 5.95. The maximum atomic E-state index is 5.95. The summed E-state index contributed by atoms with van der Waals surface area (Å²) in [6.45, 7) is 1.87. The largest absolute Gasteiger partial charge is 0.381 e. The van der Waals surface area contributed by atoms with Crippen LogP contribution in [0.3, 0.4) is 0 Å². The van der Waals surface area contributed by atoms with Gasteiger partial charge in [-0.25, -0.2) is 0 Å². The van der Waals surface area contributed by atoms with Gasteiger partial charge in [-0.3, -0.25) is 0 Å². The zero-order chi connectivity index (χ0) is 14.0. The summed E-state index contributed by atoms with van der Waals surface area (Å²) >= 11 is 3.44. The Morgan fingerprint density at radius 1 is 1.30 bits per heavy atom. The number of benzene rings is 1. The minimum absolute atomic E-state index is 0.241. The molecule has 0 bridgehead atoms. The molecule has 0 spiro atoms. The Morgan fingerprint density at radius 3 is 2.80 bits per heavy atom. The predicted molar refractivity (Wildman–Crippen MR) is 78.2 cm³/mol. The molecule has 0 atom stereocenters. The van der Waals surface area contributed by atoms with E-state index in [2.05, 4.69) is 26.1 Å². The van der Waals surface area contributed by atoms with E-state index in [-0.39, 0.29) is 5.41 Å². The molecular weight excluding hydrogens is 322 g/mol. The summed E-state index contributed by atoms with van der Waals surface area (Å²) in [6, 6.07) is 7.83. The Kier molecular flexibility index (Phi) is 3.87. The number of hydrogen-bond donors (Lipinski definition) is 1. The van der Waals surface area contributed by atoms with Gasteiger partial charge in [-0.2, -0.15) is 4.98 Å².